The molecule has 0 heterocycles. The van der Waals surface area contributed by atoms with Gasteiger partial charge in [-0.1, -0.05) is 13.8 Å². The van der Waals surface area contributed by atoms with Crippen molar-refractivity contribution < 1.29 is 28.0 Å². The van der Waals surface area contributed by atoms with E-state index >= 15 is 0 Å². The Kier molecular flexibility index (Phi) is 3.02. The van der Waals surface area contributed by atoms with Gasteiger partial charge in [0.25, 0.3) is 10.1 Å². The number of carbonyl (C=O) groups is 2. The number of Topliss-reactive ketones (excluding diaryl/α,β-unsaturated/α-hetero) is 2. The van der Waals surface area contributed by atoms with E-state index in [0.29, 0.717) is 12.8 Å². The largest absolute Gasteiger partial charge is 0.412 e. The van der Waals surface area contributed by atoms with Gasteiger partial charge in [-0.15, -0.1) is 0 Å². The standard InChI is InChI=1S/C10H14O5S.H2O/c1-9(2)6-3-4-10(9,5-16(13,14)15)8(12)7(6)11;/h6H,3-5H2,1-2H3,(H,13,14,15);1H2. The van der Waals surface area contributed by atoms with Crippen LogP contribution >= 0.6 is 0 Å². The van der Waals surface area contributed by atoms with Crippen molar-refractivity contribution in [2.24, 2.45) is 16.7 Å². The first-order valence-corrected chi connectivity index (χ1v) is 6.76. The van der Waals surface area contributed by atoms with Crippen molar-refractivity contribution in [1.82, 2.24) is 0 Å². The number of hydrogen-bond acceptors (Lipinski definition) is 4. The van der Waals surface area contributed by atoms with Crippen LogP contribution in [0.1, 0.15) is 26.7 Å². The fourth-order valence-electron chi connectivity index (χ4n) is 3.30. The van der Waals surface area contributed by atoms with E-state index in [4.69, 9.17) is 4.55 Å². The highest BCUT2D eigenvalue weighted by atomic mass is 32.2. The van der Waals surface area contributed by atoms with E-state index in [1.165, 1.54) is 0 Å². The van der Waals surface area contributed by atoms with Crippen LogP contribution < -0.4 is 0 Å². The lowest BCUT2D eigenvalue weighted by atomic mass is 9.70. The Hall–Kier alpha value is -0.790. The molecular weight excluding hydrogens is 248 g/mol. The predicted octanol–water partition coefficient (Wildman–Crippen LogP) is -0.376. The lowest BCUT2D eigenvalue weighted by Crippen LogP contribution is -2.43. The Labute approximate surface area is 99.4 Å². The summed E-state index contributed by atoms with van der Waals surface area (Å²) in [5.41, 5.74) is -1.88. The third-order valence-corrected chi connectivity index (χ3v) is 5.23. The summed E-state index contributed by atoms with van der Waals surface area (Å²) in [6.45, 7) is 3.47. The Morgan fingerprint density at radius 1 is 1.35 bits per heavy atom. The van der Waals surface area contributed by atoms with Gasteiger partial charge in [0.15, 0.2) is 0 Å². The SMILES string of the molecule is CC1(C)C2CCC1(CS(=O)(=O)O)C(=O)C2=O.O. The molecule has 2 saturated carbocycles. The molecule has 3 N–H and O–H groups in total. The van der Waals surface area contributed by atoms with Crippen LogP contribution in [0.2, 0.25) is 0 Å². The van der Waals surface area contributed by atoms with Gasteiger partial charge < -0.3 is 5.48 Å². The maximum atomic E-state index is 11.9. The van der Waals surface area contributed by atoms with Crippen molar-refractivity contribution in [3.63, 3.8) is 0 Å². The normalized spacial score (nSPS) is 34.9. The zero-order valence-corrected chi connectivity index (χ0v) is 10.5. The Morgan fingerprint density at radius 3 is 2.24 bits per heavy atom. The molecule has 2 aliphatic carbocycles. The van der Waals surface area contributed by atoms with Gasteiger partial charge in [0.1, 0.15) is 0 Å². The van der Waals surface area contributed by atoms with Gasteiger partial charge in [-0.05, 0) is 18.3 Å². The lowest BCUT2D eigenvalue weighted by Gasteiger charge is -2.34. The van der Waals surface area contributed by atoms with Gasteiger partial charge in [0, 0.05) is 5.92 Å². The van der Waals surface area contributed by atoms with Crippen molar-refractivity contribution in [2.45, 2.75) is 26.7 Å². The third-order valence-electron chi connectivity index (χ3n) is 4.37. The van der Waals surface area contributed by atoms with Gasteiger partial charge in [0.05, 0.1) is 11.2 Å². The first-order chi connectivity index (χ1) is 7.12. The fraction of sp³-hybridized carbons (Fsp3) is 0.800. The highest BCUT2D eigenvalue weighted by Crippen LogP contribution is 2.62. The van der Waals surface area contributed by atoms with Crippen LogP contribution in [0.15, 0.2) is 0 Å². The smallest absolute Gasteiger partial charge is 0.265 e. The highest BCUT2D eigenvalue weighted by molar-refractivity contribution is 7.85. The molecule has 0 saturated heterocycles. The first-order valence-electron chi connectivity index (χ1n) is 5.16. The zero-order chi connectivity index (χ0) is 12.4. The van der Waals surface area contributed by atoms with Crippen LogP contribution in [-0.2, 0) is 19.7 Å². The summed E-state index contributed by atoms with van der Waals surface area (Å²) in [5.74, 6) is -2.11. The molecule has 0 aliphatic heterocycles. The van der Waals surface area contributed by atoms with Gasteiger partial charge in [-0.2, -0.15) is 8.42 Å². The topological polar surface area (TPSA) is 120 Å². The summed E-state index contributed by atoms with van der Waals surface area (Å²) in [6, 6.07) is 0. The summed E-state index contributed by atoms with van der Waals surface area (Å²) in [5, 5.41) is 0. The van der Waals surface area contributed by atoms with Gasteiger partial charge >= 0.3 is 0 Å². The Bertz CT molecular complexity index is 477. The maximum Gasteiger partial charge on any atom is 0.265 e. The third kappa shape index (κ3) is 1.64. The number of hydrogen-bond donors (Lipinski definition) is 1. The molecule has 2 aliphatic rings. The molecule has 0 spiro atoms. The molecule has 2 fully saturated rings. The second-order valence-electron chi connectivity index (χ2n) is 5.31. The minimum absolute atomic E-state index is 0. The zero-order valence-electron chi connectivity index (χ0n) is 9.69. The molecule has 0 aromatic carbocycles. The molecule has 0 amide bonds. The number of rotatable bonds is 2. The van der Waals surface area contributed by atoms with Crippen LogP contribution in [0.4, 0.5) is 0 Å². The van der Waals surface area contributed by atoms with E-state index in [1.807, 2.05) is 0 Å². The molecule has 2 bridgehead atoms. The first kappa shape index (κ1) is 14.3. The molecule has 7 heteroatoms. The summed E-state index contributed by atoms with van der Waals surface area (Å²) in [6.07, 6.45) is 0.905. The van der Waals surface area contributed by atoms with Crippen LogP contribution in [-0.4, -0.2) is 35.8 Å². The Balaban J connectivity index is 0.00000144. The summed E-state index contributed by atoms with van der Waals surface area (Å²) < 4.78 is 30.9. The van der Waals surface area contributed by atoms with Crippen LogP contribution in [0.3, 0.4) is 0 Å². The van der Waals surface area contributed by atoms with E-state index in [-0.39, 0.29) is 11.4 Å². The second kappa shape index (κ2) is 3.60. The highest BCUT2D eigenvalue weighted by Gasteiger charge is 2.69. The average Bonchev–Trinajstić information content (AvgIpc) is 2.39. The fourth-order valence-corrected chi connectivity index (χ4v) is 4.57. The van der Waals surface area contributed by atoms with E-state index in [0.717, 1.165) is 0 Å². The summed E-state index contributed by atoms with van der Waals surface area (Å²) >= 11 is 0. The van der Waals surface area contributed by atoms with Crippen molar-refractivity contribution in [3.8, 4) is 0 Å². The lowest BCUT2D eigenvalue weighted by molar-refractivity contribution is -0.141. The van der Waals surface area contributed by atoms with Gasteiger partial charge in [-0.25, -0.2) is 0 Å². The molecule has 98 valence electrons. The minimum atomic E-state index is -4.25. The molecule has 0 radical (unpaired) electrons. The van der Waals surface area contributed by atoms with E-state index in [1.54, 1.807) is 13.8 Å². The summed E-state index contributed by atoms with van der Waals surface area (Å²) in [7, 11) is -4.25. The molecule has 2 unspecified atom stereocenters. The van der Waals surface area contributed by atoms with Gasteiger partial charge in [-0.3, -0.25) is 14.1 Å². The minimum Gasteiger partial charge on any atom is -0.412 e. The van der Waals surface area contributed by atoms with Crippen LogP contribution in [0.5, 0.6) is 0 Å². The number of carbonyl (C=O) groups excluding carboxylic acids is 2. The molecule has 2 rings (SSSR count). The molecule has 17 heavy (non-hydrogen) atoms. The van der Waals surface area contributed by atoms with Gasteiger partial charge in [0.2, 0.25) is 11.6 Å². The predicted molar refractivity (Wildman–Crippen MR) is 59.0 cm³/mol. The van der Waals surface area contributed by atoms with Crippen molar-refractivity contribution in [2.75, 3.05) is 5.75 Å². The van der Waals surface area contributed by atoms with E-state index in [2.05, 4.69) is 0 Å². The average molecular weight is 264 g/mol. The van der Waals surface area contributed by atoms with E-state index < -0.39 is 38.3 Å². The molecule has 0 aromatic heterocycles. The molecule has 0 aromatic rings. The maximum absolute atomic E-state index is 11.9. The van der Waals surface area contributed by atoms with Crippen molar-refractivity contribution in [3.05, 3.63) is 0 Å². The second-order valence-corrected chi connectivity index (χ2v) is 6.77. The molecule has 2 atom stereocenters. The molecular formula is C10H16O6S. The van der Waals surface area contributed by atoms with Crippen LogP contribution in [0.25, 0.3) is 0 Å². The van der Waals surface area contributed by atoms with E-state index in [9.17, 15) is 18.0 Å². The summed E-state index contributed by atoms with van der Waals surface area (Å²) in [4.78, 5) is 23.5. The van der Waals surface area contributed by atoms with Crippen molar-refractivity contribution in [1.29, 1.82) is 0 Å². The number of ketones is 2. The monoisotopic (exact) mass is 264 g/mol. The number of fused-ring (bicyclic) bond motifs is 2. The van der Waals surface area contributed by atoms with Crippen molar-refractivity contribution >= 4 is 21.7 Å². The Morgan fingerprint density at radius 2 is 1.88 bits per heavy atom. The quantitative estimate of drug-likeness (QED) is 0.538. The molecule has 6 nitrogen and oxygen atoms in total. The van der Waals surface area contributed by atoms with Crippen LogP contribution in [0, 0.1) is 16.7 Å².